The molecule has 2 heterocycles. The van der Waals surface area contributed by atoms with Crippen molar-refractivity contribution >= 4 is 39.1 Å². The second-order valence-electron chi connectivity index (χ2n) is 13.1. The lowest BCUT2D eigenvalue weighted by molar-refractivity contribution is -0.128. The summed E-state index contributed by atoms with van der Waals surface area (Å²) in [6.45, 7) is 11.9. The summed E-state index contributed by atoms with van der Waals surface area (Å²) >= 11 is 1.52. The van der Waals surface area contributed by atoms with Crippen molar-refractivity contribution in [2.24, 2.45) is 11.8 Å². The number of thiazole rings is 1. The number of aliphatic hydroxyl groups is 1. The molecule has 2 N–H and O–H groups in total. The summed E-state index contributed by atoms with van der Waals surface area (Å²) in [7, 11) is -4.06. The smallest absolute Gasteiger partial charge is 0.321 e. The number of hydrogen-bond donors (Lipinski definition) is 2. The van der Waals surface area contributed by atoms with Gasteiger partial charge < -0.3 is 20.2 Å². The van der Waals surface area contributed by atoms with Crippen LogP contribution in [-0.2, 0) is 27.8 Å². The van der Waals surface area contributed by atoms with Crippen LogP contribution in [0.1, 0.15) is 61.2 Å². The van der Waals surface area contributed by atoms with E-state index in [9.17, 15) is 27.9 Å². The van der Waals surface area contributed by atoms with E-state index in [2.05, 4.69) is 10.3 Å². The molecule has 1 unspecified atom stereocenters. The fraction of sp³-hybridized carbons (Fsp3) is 0.486. The Balaban J connectivity index is 1.57. The number of Topliss-reactive ketones (excluding diaryl/α,β-unsaturated/α-hetero) is 1. The first-order valence-corrected chi connectivity index (χ1v) is 18.6. The third kappa shape index (κ3) is 9.28. The number of carbonyl (C=O) groups is 3. The summed E-state index contributed by atoms with van der Waals surface area (Å²) in [5.74, 6) is -0.887. The highest BCUT2D eigenvalue weighted by molar-refractivity contribution is 7.89. The molecule has 0 spiro atoms. The van der Waals surface area contributed by atoms with Crippen molar-refractivity contribution < 1.29 is 27.9 Å². The van der Waals surface area contributed by atoms with Crippen LogP contribution in [0.25, 0.3) is 0 Å². The Morgan fingerprint density at radius 3 is 2.25 bits per heavy atom. The number of carbonyl (C=O) groups excluding carboxylic acids is 3. The molecule has 1 aromatic heterocycles. The number of ketones is 1. The van der Waals surface area contributed by atoms with E-state index in [1.165, 1.54) is 46.8 Å². The monoisotopic (exact) mass is 697 g/mol. The molecule has 260 valence electrons. The zero-order chi connectivity index (χ0) is 35.2. The van der Waals surface area contributed by atoms with E-state index < -0.39 is 34.1 Å². The lowest BCUT2D eigenvalue weighted by Crippen LogP contribution is -2.57. The van der Waals surface area contributed by atoms with Gasteiger partial charge >= 0.3 is 6.03 Å². The van der Waals surface area contributed by atoms with Gasteiger partial charge in [0.15, 0.2) is 5.78 Å². The van der Waals surface area contributed by atoms with Crippen molar-refractivity contribution in [3.8, 4) is 0 Å². The number of nitrogens with zero attached hydrogens (tertiary/aromatic N) is 4. The zero-order valence-electron chi connectivity index (χ0n) is 28.5. The molecule has 3 atom stereocenters. The van der Waals surface area contributed by atoms with Gasteiger partial charge in [-0.15, -0.1) is 11.3 Å². The maximum absolute atomic E-state index is 14.1. The summed E-state index contributed by atoms with van der Waals surface area (Å²) in [4.78, 5) is 47.1. The van der Waals surface area contributed by atoms with Gasteiger partial charge in [0.25, 0.3) is 0 Å². The maximum Gasteiger partial charge on any atom is 0.321 e. The molecule has 4 rings (SSSR count). The van der Waals surface area contributed by atoms with Crippen LogP contribution in [-0.4, -0.2) is 94.7 Å². The molecular formula is C35H47N5O6S2. The van der Waals surface area contributed by atoms with E-state index in [0.29, 0.717) is 25.2 Å². The molecule has 2 aromatic carbocycles. The Morgan fingerprint density at radius 1 is 1.02 bits per heavy atom. The first-order chi connectivity index (χ1) is 22.7. The highest BCUT2D eigenvalue weighted by Gasteiger charge is 2.40. The summed E-state index contributed by atoms with van der Waals surface area (Å²) in [5, 5.41) is 17.6. The van der Waals surface area contributed by atoms with Crippen molar-refractivity contribution in [3.05, 3.63) is 81.8 Å². The minimum absolute atomic E-state index is 0.00813. The Morgan fingerprint density at radius 2 is 1.69 bits per heavy atom. The Labute approximate surface area is 288 Å². The summed E-state index contributed by atoms with van der Waals surface area (Å²) < 4.78 is 28.9. The molecule has 3 amide bonds. The fourth-order valence-electron chi connectivity index (χ4n) is 5.93. The normalized spacial score (nSPS) is 15.8. The number of rotatable bonds is 16. The average Bonchev–Trinajstić information content (AvgIpc) is 3.61. The van der Waals surface area contributed by atoms with Crippen LogP contribution in [0.2, 0.25) is 0 Å². The van der Waals surface area contributed by atoms with Gasteiger partial charge in [0.05, 0.1) is 34.3 Å². The quantitative estimate of drug-likeness (QED) is 0.212. The van der Waals surface area contributed by atoms with Gasteiger partial charge in [-0.2, -0.15) is 4.31 Å². The Kier molecular flexibility index (Phi) is 12.5. The van der Waals surface area contributed by atoms with E-state index in [1.54, 1.807) is 9.80 Å². The molecule has 0 radical (unpaired) electrons. The van der Waals surface area contributed by atoms with Crippen LogP contribution in [0.4, 0.5) is 4.79 Å². The minimum Gasteiger partial charge on any atom is -0.390 e. The van der Waals surface area contributed by atoms with E-state index >= 15 is 0 Å². The van der Waals surface area contributed by atoms with Gasteiger partial charge in [0.2, 0.25) is 15.9 Å². The van der Waals surface area contributed by atoms with Crippen molar-refractivity contribution in [2.45, 2.75) is 77.6 Å². The number of sulfonamides is 1. The van der Waals surface area contributed by atoms with Gasteiger partial charge in [-0.1, -0.05) is 70.2 Å². The first-order valence-electron chi connectivity index (χ1n) is 16.3. The third-order valence-electron chi connectivity index (χ3n) is 8.33. The van der Waals surface area contributed by atoms with Crippen molar-refractivity contribution in [3.63, 3.8) is 0 Å². The fourth-order valence-corrected chi connectivity index (χ4v) is 8.16. The molecule has 11 nitrogen and oxygen atoms in total. The number of aromatic nitrogens is 1. The molecule has 1 aliphatic heterocycles. The number of hydrogen-bond acceptors (Lipinski definition) is 8. The first kappa shape index (κ1) is 37.2. The van der Waals surface area contributed by atoms with Crippen LogP contribution in [0.3, 0.4) is 0 Å². The Hall–Kier alpha value is -3.65. The molecule has 1 fully saturated rings. The van der Waals surface area contributed by atoms with Crippen LogP contribution < -0.4 is 5.32 Å². The molecule has 3 aromatic rings. The van der Waals surface area contributed by atoms with Crippen molar-refractivity contribution in [1.82, 2.24) is 24.4 Å². The molecular weight excluding hydrogens is 651 g/mol. The van der Waals surface area contributed by atoms with Gasteiger partial charge in [-0.3, -0.25) is 9.59 Å². The standard InChI is InChI=1S/C35H47N5O6S2/c1-23(2)19-39(48(45,46)30-14-12-28(13-15-30)25(5)41)21-32(42)31(18-27-10-8-7-9-11-27)37-34(43)33(24(3)4)40-17-16-38(35(40)44)20-29-22-47-26(6)36-29/h7-15,22-24,31-33,42H,16-21H2,1-6H3,(H,37,43)/t31-,32+,33?/m0/s1. The maximum atomic E-state index is 14.1. The molecule has 0 bridgehead atoms. The summed E-state index contributed by atoms with van der Waals surface area (Å²) in [6.07, 6.45) is -1.05. The number of benzene rings is 2. The minimum atomic E-state index is -4.06. The van der Waals surface area contributed by atoms with Gasteiger partial charge in [0.1, 0.15) is 6.04 Å². The predicted molar refractivity (Wildman–Crippen MR) is 186 cm³/mol. The molecule has 1 saturated heterocycles. The van der Waals surface area contributed by atoms with Crippen molar-refractivity contribution in [1.29, 1.82) is 0 Å². The van der Waals surface area contributed by atoms with Crippen LogP contribution in [0, 0.1) is 18.8 Å². The predicted octanol–water partition coefficient (Wildman–Crippen LogP) is 4.35. The molecule has 13 heteroatoms. The molecule has 48 heavy (non-hydrogen) atoms. The summed E-state index contributed by atoms with van der Waals surface area (Å²) in [6, 6.07) is 13.2. The number of aliphatic hydroxyl groups excluding tert-OH is 1. The van der Waals surface area contributed by atoms with Gasteiger partial charge in [-0.05, 0) is 49.8 Å². The van der Waals surface area contributed by atoms with Gasteiger partial charge in [0, 0.05) is 37.1 Å². The number of urea groups is 1. The molecule has 0 aliphatic carbocycles. The zero-order valence-corrected chi connectivity index (χ0v) is 30.1. The SMILES string of the molecule is CC(=O)c1ccc(S(=O)(=O)N(CC(C)C)C[C@@H](O)[C@H](Cc2ccccc2)NC(=O)C(C(C)C)N2CCN(Cc3csc(C)n3)C2=O)cc1. The van der Waals surface area contributed by atoms with Crippen LogP contribution in [0.15, 0.2) is 64.9 Å². The van der Waals surface area contributed by atoms with E-state index in [4.69, 9.17) is 0 Å². The largest absolute Gasteiger partial charge is 0.390 e. The second kappa shape index (κ2) is 16.2. The third-order valence-corrected chi connectivity index (χ3v) is 11.0. The lowest BCUT2D eigenvalue weighted by atomic mass is 9.97. The van der Waals surface area contributed by atoms with E-state index in [-0.39, 0.29) is 48.1 Å². The summed E-state index contributed by atoms with van der Waals surface area (Å²) in [5.41, 5.74) is 2.05. The molecule has 0 saturated carbocycles. The molecule has 1 aliphatic rings. The topological polar surface area (TPSA) is 140 Å². The van der Waals surface area contributed by atoms with Gasteiger partial charge in [-0.25, -0.2) is 18.2 Å². The number of nitrogens with one attached hydrogen (secondary N) is 1. The lowest BCUT2D eigenvalue weighted by Gasteiger charge is -2.34. The highest BCUT2D eigenvalue weighted by atomic mass is 32.2. The number of aryl methyl sites for hydroxylation is 1. The van der Waals surface area contributed by atoms with Crippen molar-refractivity contribution in [2.75, 3.05) is 26.2 Å². The second-order valence-corrected chi connectivity index (χ2v) is 16.1. The average molecular weight is 698 g/mol. The van der Waals surface area contributed by atoms with E-state index in [1.807, 2.05) is 70.3 Å². The van der Waals surface area contributed by atoms with Crippen LogP contribution >= 0.6 is 11.3 Å². The van der Waals surface area contributed by atoms with E-state index in [0.717, 1.165) is 16.3 Å². The highest BCUT2D eigenvalue weighted by Crippen LogP contribution is 2.23. The van der Waals surface area contributed by atoms with Crippen LogP contribution in [0.5, 0.6) is 0 Å². The number of amides is 3. The Bertz CT molecular complexity index is 1660.